The zero-order valence-corrected chi connectivity index (χ0v) is 47.0. The van der Waals surface area contributed by atoms with E-state index in [4.69, 9.17) is 18.0 Å². The van der Waals surface area contributed by atoms with Crippen LogP contribution >= 0.6 is 60.6 Å². The number of nitrogens with one attached hydrogen (secondary N) is 7. The molecule has 4 saturated heterocycles. The second kappa shape index (κ2) is 27.1. The zero-order chi connectivity index (χ0) is 52.5. The second-order valence-electron chi connectivity index (χ2n) is 20.0. The first-order chi connectivity index (χ1) is 34.2. The maximum Gasteiger partial charge on any atom is 0.247 e. The van der Waals surface area contributed by atoms with Crippen LogP contribution in [0.2, 0.25) is 0 Å². The van der Waals surface area contributed by atoms with E-state index < -0.39 is 81.3 Å². The number of amides is 7. The Bertz CT molecular complexity index is 2510. The molecule has 11 atom stereocenters. The number of hydrogen-bond donors (Lipinski definition) is 8. The van der Waals surface area contributed by atoms with E-state index in [0.29, 0.717) is 35.6 Å². The highest BCUT2D eigenvalue weighted by Crippen LogP contribution is 2.50. The highest BCUT2D eigenvalue weighted by atomic mass is 35.5. The summed E-state index contributed by atoms with van der Waals surface area (Å²) in [4.78, 5) is 100. The number of nitrogens with two attached hydrogens (primary N) is 1. The Kier molecular flexibility index (Phi) is 22.5. The van der Waals surface area contributed by atoms with Gasteiger partial charge in [0.2, 0.25) is 41.4 Å². The summed E-state index contributed by atoms with van der Waals surface area (Å²) in [5.41, 5.74) is 5.96. The topological polar surface area (TPSA) is 236 Å². The minimum atomic E-state index is -1.12. The Morgan fingerprint density at radius 3 is 1.84 bits per heavy atom. The van der Waals surface area contributed by atoms with Gasteiger partial charge in [0.25, 0.3) is 0 Å². The molecule has 6 rings (SSSR count). The molecule has 4 aliphatic rings. The summed E-state index contributed by atoms with van der Waals surface area (Å²) in [6.45, 7) is 11.1. The Morgan fingerprint density at radius 1 is 0.730 bits per heavy atom. The number of hydrogen-bond acceptors (Lipinski definition) is 12. The van der Waals surface area contributed by atoms with E-state index >= 15 is 0 Å². The van der Waals surface area contributed by atoms with Gasteiger partial charge in [-0.2, -0.15) is 0 Å². The summed E-state index contributed by atoms with van der Waals surface area (Å²) in [5, 5.41) is 19.6. The quantitative estimate of drug-likeness (QED) is 0.0894. The van der Waals surface area contributed by atoms with Crippen LogP contribution < -0.4 is 43.0 Å². The van der Waals surface area contributed by atoms with Crippen molar-refractivity contribution in [1.82, 2.24) is 47.0 Å². The summed E-state index contributed by atoms with van der Waals surface area (Å²) in [5.74, 6) is 8.23. The highest BCUT2D eigenvalue weighted by Gasteiger charge is 2.57. The Balaban J connectivity index is 0.00000593. The first kappa shape index (κ1) is 61.5. The van der Waals surface area contributed by atoms with E-state index in [0.717, 1.165) is 5.56 Å². The van der Waals surface area contributed by atoms with Crippen molar-refractivity contribution in [3.8, 4) is 23.7 Å². The van der Waals surface area contributed by atoms with Crippen LogP contribution in [0.15, 0.2) is 60.7 Å². The van der Waals surface area contributed by atoms with Crippen LogP contribution in [0.5, 0.6) is 0 Å². The van der Waals surface area contributed by atoms with Gasteiger partial charge in [0.15, 0.2) is 0 Å². The van der Waals surface area contributed by atoms with Crippen LogP contribution in [0.25, 0.3) is 0 Å². The molecule has 4 fully saturated rings. The van der Waals surface area contributed by atoms with Crippen molar-refractivity contribution >= 4 is 107 Å². The number of rotatable bonds is 16. The Morgan fingerprint density at radius 2 is 1.26 bits per heavy atom. The van der Waals surface area contributed by atoms with E-state index in [1.807, 2.05) is 65.0 Å². The lowest BCUT2D eigenvalue weighted by Gasteiger charge is -2.35. The average molecular weight is 1110 g/mol. The fourth-order valence-electron chi connectivity index (χ4n) is 9.93. The highest BCUT2D eigenvalue weighted by molar-refractivity contribution is 8.00. The normalized spacial score (nSPS) is 24.9. The molecular weight excluding hydrogens is 1040 g/mol. The summed E-state index contributed by atoms with van der Waals surface area (Å²) in [6, 6.07) is 12.8. The van der Waals surface area contributed by atoms with Gasteiger partial charge in [-0.15, -0.1) is 48.3 Å². The molecule has 4 aliphatic heterocycles. The average Bonchev–Trinajstić information content (AvgIpc) is 3.68. The summed E-state index contributed by atoms with van der Waals surface area (Å²) in [7, 11) is 3.43. The molecule has 7 amide bonds. The summed E-state index contributed by atoms with van der Waals surface area (Å²) < 4.78 is 0. The van der Waals surface area contributed by atoms with Crippen LogP contribution in [0, 0.1) is 34.5 Å². The van der Waals surface area contributed by atoms with Crippen LogP contribution in [0.3, 0.4) is 0 Å². The van der Waals surface area contributed by atoms with Crippen molar-refractivity contribution in [1.29, 1.82) is 0 Å². The SMILES string of the molecule is CN[C@@H](C)C(=O)N[C@H]1CCS[C@H]2CC(C)(C)[C@@H](C(=O)N[C@H](C(=O)NCC#CC#CCNC(=O)[C@H](c3ccccc3)C3CC(NC(=S)[C@H](C)NC)C(=O)N4C(CC(C)(C)C4C(N)=O)S3)c3ccccc3)N2C1=O.Cl.Cl. The Hall–Kier alpha value is -5.06. The van der Waals surface area contributed by atoms with Crippen LogP contribution in [0.4, 0.5) is 0 Å². The maximum atomic E-state index is 14.4. The monoisotopic (exact) mass is 1110 g/mol. The minimum Gasteiger partial charge on any atom is -0.368 e. The van der Waals surface area contributed by atoms with Gasteiger partial charge in [-0.25, -0.2) is 0 Å². The maximum absolute atomic E-state index is 14.4. The van der Waals surface area contributed by atoms with E-state index in [1.165, 1.54) is 11.8 Å². The van der Waals surface area contributed by atoms with Gasteiger partial charge >= 0.3 is 0 Å². The number of nitrogens with zero attached hydrogens (tertiary/aromatic N) is 2. The smallest absolute Gasteiger partial charge is 0.247 e. The number of thioether (sulfide) groups is 2. The first-order valence-electron chi connectivity index (χ1n) is 24.3. The molecule has 74 heavy (non-hydrogen) atoms. The molecule has 0 aliphatic carbocycles. The van der Waals surface area contributed by atoms with Crippen molar-refractivity contribution in [3.05, 3.63) is 71.8 Å². The van der Waals surface area contributed by atoms with Crippen LogP contribution in [0.1, 0.15) is 90.3 Å². The molecule has 9 N–H and O–H groups in total. The fraction of sp³-hybridized carbons (Fsp3) is 0.538. The van der Waals surface area contributed by atoms with Crippen molar-refractivity contribution in [2.45, 2.75) is 131 Å². The van der Waals surface area contributed by atoms with Gasteiger partial charge < -0.3 is 52.8 Å². The predicted molar refractivity (Wildman–Crippen MR) is 299 cm³/mol. The molecule has 0 saturated carbocycles. The number of thiocarbonyl (C=S) groups is 1. The number of fused-ring (bicyclic) bond motifs is 2. The molecule has 402 valence electrons. The molecule has 2 aromatic carbocycles. The van der Waals surface area contributed by atoms with E-state index in [-0.39, 0.29) is 79.4 Å². The fourth-order valence-corrected chi connectivity index (χ4v) is 13.8. The van der Waals surface area contributed by atoms with Crippen molar-refractivity contribution in [2.75, 3.05) is 32.9 Å². The number of halogens is 2. The molecule has 4 unspecified atom stereocenters. The lowest BCUT2D eigenvalue weighted by Crippen LogP contribution is -2.58. The van der Waals surface area contributed by atoms with E-state index in [1.54, 1.807) is 72.9 Å². The van der Waals surface area contributed by atoms with Gasteiger partial charge in [0, 0.05) is 5.25 Å². The largest absolute Gasteiger partial charge is 0.368 e. The molecule has 0 radical (unpaired) electrons. The lowest BCUT2D eigenvalue weighted by molar-refractivity contribution is -0.144. The van der Waals surface area contributed by atoms with Crippen LogP contribution in [-0.2, 0) is 33.6 Å². The van der Waals surface area contributed by atoms with Gasteiger partial charge in [0.05, 0.1) is 46.8 Å². The van der Waals surface area contributed by atoms with Gasteiger partial charge in [0.1, 0.15) is 30.2 Å². The van der Waals surface area contributed by atoms with Gasteiger partial charge in [-0.3, -0.25) is 33.6 Å². The molecule has 4 heterocycles. The zero-order valence-electron chi connectivity index (χ0n) is 42.9. The number of likely N-dealkylation sites (N-methyl/N-ethyl adjacent to an activating group) is 2. The van der Waals surface area contributed by atoms with Crippen LogP contribution in [-0.4, -0.2) is 141 Å². The molecule has 0 aromatic heterocycles. The number of benzene rings is 2. The molecule has 2 aromatic rings. The predicted octanol–water partition coefficient (Wildman–Crippen LogP) is 2.73. The summed E-state index contributed by atoms with van der Waals surface area (Å²) >= 11 is 8.75. The third-order valence-corrected chi connectivity index (χ3v) is 17.2. The minimum absolute atomic E-state index is 0. The molecular formula is C52H70Cl2N10O7S3. The number of carbonyl (C=O) groups excluding carboxylic acids is 7. The molecule has 0 spiro atoms. The van der Waals surface area contributed by atoms with Crippen molar-refractivity contribution in [3.63, 3.8) is 0 Å². The van der Waals surface area contributed by atoms with Gasteiger partial charge in [-0.05, 0) is 93.2 Å². The summed E-state index contributed by atoms with van der Waals surface area (Å²) in [6.07, 6.45) is 1.70. The molecule has 0 bridgehead atoms. The van der Waals surface area contributed by atoms with E-state index in [2.05, 4.69) is 60.9 Å². The molecule has 22 heteroatoms. The standard InChI is InChI=1S/C52H68N10O7S3.2ClH/c1-30(54-7)44(64)58-34-23-26-71-37-28-52(5,6)42(61(37)49(34)68)47(67)60-40(33-21-15-12-16-22-33)46(66)57-25-18-10-9-17-24-56-45(65)39(32-19-13-11-14-20-32)36-27-35(59-48(70)31(2)55-8)50(69)62-38(72-36)29-51(3,4)41(62)43(53)63;;/h11-16,19-22,30-31,34-42,54-55H,23-29H2,1-8H3,(H2,53,63)(H,56,65)(H,57,66)(H,58,64)(H,59,70)(H,60,67);2*1H/t30-,31-,34-,35?,36?,37-,38?,39+,40-,41?,42+;;/m0../s1. The third-order valence-electron chi connectivity index (χ3n) is 13.9. The van der Waals surface area contributed by atoms with Gasteiger partial charge in [-0.1, -0.05) is 112 Å². The second-order valence-corrected chi connectivity index (χ2v) is 23.1. The number of carbonyl (C=O) groups is 7. The van der Waals surface area contributed by atoms with Crippen molar-refractivity contribution in [2.24, 2.45) is 16.6 Å². The molecule has 17 nitrogen and oxygen atoms in total. The van der Waals surface area contributed by atoms with Crippen molar-refractivity contribution < 1.29 is 33.6 Å². The lowest BCUT2D eigenvalue weighted by atomic mass is 9.83. The third kappa shape index (κ3) is 14.4. The number of primary amides is 1. The first-order valence-corrected chi connectivity index (χ1v) is 26.7. The van der Waals surface area contributed by atoms with E-state index in [9.17, 15) is 33.6 Å². The Labute approximate surface area is 461 Å².